The summed E-state index contributed by atoms with van der Waals surface area (Å²) in [4.78, 5) is 2.43. The predicted molar refractivity (Wildman–Crippen MR) is 158 cm³/mol. The first kappa shape index (κ1) is 29.9. The second kappa shape index (κ2) is 13.5. The average Bonchev–Trinajstić information content (AvgIpc) is 2.90. The number of allylic oxidation sites excluding steroid dienone is 1. The molecule has 0 bridgehead atoms. The van der Waals surface area contributed by atoms with Gasteiger partial charge in [-0.2, -0.15) is 0 Å². The second-order valence-corrected chi connectivity index (χ2v) is 11.8. The van der Waals surface area contributed by atoms with Gasteiger partial charge in [0.05, 0.1) is 7.11 Å². The third-order valence-electron chi connectivity index (χ3n) is 7.31. The fraction of sp³-hybridized carbons (Fsp3) is 0.500. The summed E-state index contributed by atoms with van der Waals surface area (Å²) in [6.45, 7) is 22.1. The number of aryl methyl sites for hydroxylation is 1. The first-order chi connectivity index (χ1) is 18.1. The highest BCUT2D eigenvalue weighted by Crippen LogP contribution is 2.42. The van der Waals surface area contributed by atoms with Crippen LogP contribution in [0.4, 0.5) is 3.89 Å². The molecule has 1 unspecified atom stereocenters. The molecule has 0 radical (unpaired) electrons. The van der Waals surface area contributed by atoms with Crippen molar-refractivity contribution in [3.8, 4) is 17.2 Å². The molecule has 1 aliphatic heterocycles. The molecule has 2 atom stereocenters. The minimum absolute atomic E-state index is 0.145. The van der Waals surface area contributed by atoms with Gasteiger partial charge in [-0.15, -0.1) is 3.89 Å². The molecule has 4 nitrogen and oxygen atoms in total. The number of hydrogen-bond acceptors (Lipinski definition) is 5. The summed E-state index contributed by atoms with van der Waals surface area (Å²) < 4.78 is 30.1. The Morgan fingerprint density at radius 2 is 1.74 bits per heavy atom. The predicted octanol–water partition coefficient (Wildman–Crippen LogP) is 9.07. The maximum absolute atomic E-state index is 13.1. The van der Waals surface area contributed by atoms with Gasteiger partial charge in [-0.05, 0) is 78.0 Å². The zero-order valence-corrected chi connectivity index (χ0v) is 24.8. The zero-order valence-electron chi connectivity index (χ0n) is 23.9. The van der Waals surface area contributed by atoms with Crippen molar-refractivity contribution in [3.63, 3.8) is 0 Å². The van der Waals surface area contributed by atoms with Crippen molar-refractivity contribution in [2.24, 2.45) is 11.3 Å². The van der Waals surface area contributed by atoms with Crippen LogP contribution in [0.5, 0.6) is 17.2 Å². The summed E-state index contributed by atoms with van der Waals surface area (Å²) in [7, 11) is 1.67. The maximum atomic E-state index is 13.1. The minimum Gasteiger partial charge on any atom is -0.497 e. The highest BCUT2D eigenvalue weighted by Gasteiger charge is 2.33. The van der Waals surface area contributed by atoms with Crippen LogP contribution in [0.3, 0.4) is 0 Å². The van der Waals surface area contributed by atoms with E-state index in [4.69, 9.17) is 13.7 Å². The highest BCUT2D eigenvalue weighted by molar-refractivity contribution is 7.89. The molecule has 1 saturated heterocycles. The fourth-order valence-electron chi connectivity index (χ4n) is 5.31. The SMILES string of the molecule is C=C(CC)C1CN(C(=C)CC(C)(C)C)CC[C@@H]1c1cc(OCc2cc(CC)cc(OC)c2)cc(OSF)c1. The number of benzene rings is 2. The van der Waals surface area contributed by atoms with Crippen molar-refractivity contribution in [2.45, 2.75) is 72.8 Å². The number of halogens is 1. The number of likely N-dealkylation sites (tertiary alicyclic amines) is 1. The Balaban J connectivity index is 1.86. The van der Waals surface area contributed by atoms with E-state index < -0.39 is 0 Å². The Bertz CT molecular complexity index is 1090. The number of nitrogens with zero attached hydrogens (tertiary/aromatic N) is 1. The summed E-state index contributed by atoms with van der Waals surface area (Å²) in [5.74, 6) is 2.42. The number of hydrogen-bond donors (Lipinski definition) is 0. The van der Waals surface area contributed by atoms with Crippen LogP contribution in [0.15, 0.2) is 60.8 Å². The van der Waals surface area contributed by atoms with Gasteiger partial charge in [-0.25, -0.2) is 0 Å². The van der Waals surface area contributed by atoms with E-state index >= 15 is 0 Å². The lowest BCUT2D eigenvalue weighted by atomic mass is 9.75. The molecule has 0 spiro atoms. The van der Waals surface area contributed by atoms with Gasteiger partial charge in [-0.3, -0.25) is 0 Å². The van der Waals surface area contributed by atoms with Crippen molar-refractivity contribution >= 4 is 12.4 Å². The molecule has 0 amide bonds. The Hall–Kier alpha value is -2.60. The van der Waals surface area contributed by atoms with Crippen molar-refractivity contribution in [2.75, 3.05) is 20.2 Å². The van der Waals surface area contributed by atoms with E-state index in [1.54, 1.807) is 13.2 Å². The largest absolute Gasteiger partial charge is 0.497 e. The lowest BCUT2D eigenvalue weighted by Crippen LogP contribution is -2.40. The number of ether oxygens (including phenoxy) is 2. The fourth-order valence-corrected chi connectivity index (χ4v) is 5.48. The van der Waals surface area contributed by atoms with E-state index in [2.05, 4.69) is 64.8 Å². The van der Waals surface area contributed by atoms with E-state index in [0.29, 0.717) is 18.1 Å². The van der Waals surface area contributed by atoms with Crippen LogP contribution in [0.25, 0.3) is 0 Å². The van der Waals surface area contributed by atoms with Crippen LogP contribution in [0.1, 0.15) is 76.5 Å². The Morgan fingerprint density at radius 3 is 2.37 bits per heavy atom. The first-order valence-electron chi connectivity index (χ1n) is 13.6. The smallest absolute Gasteiger partial charge is 0.272 e. The summed E-state index contributed by atoms with van der Waals surface area (Å²) in [6.07, 6.45) is 3.74. The van der Waals surface area contributed by atoms with E-state index in [1.165, 1.54) is 16.8 Å². The molecule has 0 aliphatic carbocycles. The van der Waals surface area contributed by atoms with E-state index in [-0.39, 0.29) is 29.7 Å². The topological polar surface area (TPSA) is 30.9 Å². The molecule has 208 valence electrons. The van der Waals surface area contributed by atoms with Gasteiger partial charge in [0, 0.05) is 30.8 Å². The summed E-state index contributed by atoms with van der Waals surface area (Å²) in [5.41, 5.74) is 5.90. The molecule has 0 N–H and O–H groups in total. The van der Waals surface area contributed by atoms with E-state index in [0.717, 1.165) is 55.6 Å². The molecule has 1 heterocycles. The molecule has 0 aromatic heterocycles. The highest BCUT2D eigenvalue weighted by atomic mass is 32.2. The molecular weight excluding hydrogens is 497 g/mol. The summed E-state index contributed by atoms with van der Waals surface area (Å²) >= 11 is -0.145. The maximum Gasteiger partial charge on any atom is 0.272 e. The van der Waals surface area contributed by atoms with Gasteiger partial charge in [-0.1, -0.05) is 59.4 Å². The Labute approximate surface area is 233 Å². The van der Waals surface area contributed by atoms with Gasteiger partial charge < -0.3 is 18.6 Å². The zero-order chi connectivity index (χ0) is 27.9. The number of methoxy groups -OCH3 is 1. The van der Waals surface area contributed by atoms with Crippen LogP contribution in [-0.4, -0.2) is 25.1 Å². The van der Waals surface area contributed by atoms with Gasteiger partial charge >= 0.3 is 0 Å². The average molecular weight is 542 g/mol. The summed E-state index contributed by atoms with van der Waals surface area (Å²) in [5, 5.41) is 0. The molecular formula is C32H44FNO3S. The Kier molecular flexibility index (Phi) is 10.6. The number of piperidine rings is 1. The van der Waals surface area contributed by atoms with Gasteiger partial charge in [0.25, 0.3) is 12.4 Å². The lowest BCUT2D eigenvalue weighted by molar-refractivity contribution is 0.193. The van der Waals surface area contributed by atoms with Crippen LogP contribution >= 0.6 is 12.4 Å². The second-order valence-electron chi connectivity index (χ2n) is 11.5. The molecule has 3 rings (SSSR count). The molecule has 0 saturated carbocycles. The van der Waals surface area contributed by atoms with Crippen molar-refractivity contribution in [3.05, 3.63) is 77.5 Å². The monoisotopic (exact) mass is 541 g/mol. The van der Waals surface area contributed by atoms with Gasteiger partial charge in [0.15, 0.2) is 0 Å². The lowest BCUT2D eigenvalue weighted by Gasteiger charge is -2.43. The van der Waals surface area contributed by atoms with Crippen LogP contribution < -0.4 is 13.7 Å². The number of rotatable bonds is 12. The van der Waals surface area contributed by atoms with E-state index in [9.17, 15) is 3.89 Å². The van der Waals surface area contributed by atoms with Crippen LogP contribution in [0, 0.1) is 11.3 Å². The van der Waals surface area contributed by atoms with Crippen molar-refractivity contribution < 1.29 is 17.5 Å². The standard InChI is InChI=1S/C32H44FNO3S/c1-9-22(3)31-20-34(23(4)19-32(5,6)7)12-11-30(31)26-16-28(18-29(17-26)37-38-33)36-21-25-13-24(10-2)14-27(15-25)35-8/h13-18,30-31H,3-4,9-12,19-21H2,1-2,5-8H3/t30-,31?/m1/s1. The molecule has 38 heavy (non-hydrogen) atoms. The normalized spacial score (nSPS) is 17.7. The van der Waals surface area contributed by atoms with Gasteiger partial charge in [0.2, 0.25) is 0 Å². The third-order valence-corrected chi connectivity index (χ3v) is 7.56. The molecule has 6 heteroatoms. The Morgan fingerprint density at radius 1 is 1.03 bits per heavy atom. The molecule has 1 fully saturated rings. The van der Waals surface area contributed by atoms with Gasteiger partial charge in [0.1, 0.15) is 23.9 Å². The quantitative estimate of drug-likeness (QED) is 0.198. The van der Waals surface area contributed by atoms with Crippen LogP contribution in [0.2, 0.25) is 0 Å². The van der Waals surface area contributed by atoms with Crippen LogP contribution in [-0.2, 0) is 13.0 Å². The molecule has 2 aromatic carbocycles. The first-order valence-corrected chi connectivity index (χ1v) is 14.2. The minimum atomic E-state index is -0.145. The van der Waals surface area contributed by atoms with Crippen molar-refractivity contribution in [1.82, 2.24) is 4.90 Å². The molecule has 1 aliphatic rings. The molecule has 2 aromatic rings. The van der Waals surface area contributed by atoms with E-state index in [1.807, 2.05) is 18.2 Å². The van der Waals surface area contributed by atoms with Crippen molar-refractivity contribution in [1.29, 1.82) is 0 Å². The summed E-state index contributed by atoms with van der Waals surface area (Å²) in [6, 6.07) is 11.9. The third kappa shape index (κ3) is 8.20.